The van der Waals surface area contributed by atoms with Gasteiger partial charge >= 0.3 is 0 Å². The zero-order chi connectivity index (χ0) is 19.3. The van der Waals surface area contributed by atoms with Gasteiger partial charge in [-0.1, -0.05) is 55.1 Å². The van der Waals surface area contributed by atoms with Crippen LogP contribution in [-0.4, -0.2) is 26.4 Å². The van der Waals surface area contributed by atoms with E-state index in [0.29, 0.717) is 16.7 Å². The van der Waals surface area contributed by atoms with Crippen LogP contribution < -0.4 is 5.32 Å². The van der Waals surface area contributed by atoms with Gasteiger partial charge in [-0.15, -0.1) is 10.2 Å². The van der Waals surface area contributed by atoms with Gasteiger partial charge in [-0.2, -0.15) is 0 Å². The molecule has 2 heterocycles. The Morgan fingerprint density at radius 1 is 1.11 bits per heavy atom. The first-order chi connectivity index (χ1) is 13.8. The number of carbonyl (C=O) groups is 1. The maximum Gasteiger partial charge on any atom is 0.234 e. The van der Waals surface area contributed by atoms with Crippen molar-refractivity contribution in [2.75, 3.05) is 11.1 Å². The van der Waals surface area contributed by atoms with Gasteiger partial charge in [-0.05, 0) is 30.0 Å². The predicted octanol–water partition coefficient (Wildman–Crippen LogP) is 4.83. The Kier molecular flexibility index (Phi) is 5.43. The topological polar surface area (TPSA) is 73.0 Å². The van der Waals surface area contributed by atoms with E-state index in [1.807, 2.05) is 59.2 Å². The molecule has 1 amide bonds. The number of benzene rings is 2. The van der Waals surface area contributed by atoms with E-state index in [2.05, 4.69) is 22.4 Å². The molecule has 0 aliphatic carbocycles. The lowest BCUT2D eigenvalue weighted by atomic mass is 10.1. The van der Waals surface area contributed by atoms with Gasteiger partial charge in [0.25, 0.3) is 0 Å². The van der Waals surface area contributed by atoms with Crippen molar-refractivity contribution in [2.24, 2.45) is 0 Å². The van der Waals surface area contributed by atoms with Crippen molar-refractivity contribution >= 4 is 34.1 Å². The number of thioether (sulfide) groups is 1. The van der Waals surface area contributed by atoms with Crippen LogP contribution in [0.1, 0.15) is 13.3 Å². The second-order valence-corrected chi connectivity index (χ2v) is 7.24. The fraction of sp³-hybridized carbons (Fsp3) is 0.190. The van der Waals surface area contributed by atoms with Crippen molar-refractivity contribution in [2.45, 2.75) is 25.0 Å². The van der Waals surface area contributed by atoms with Gasteiger partial charge in [0.15, 0.2) is 16.7 Å². The molecule has 28 heavy (non-hydrogen) atoms. The van der Waals surface area contributed by atoms with E-state index in [1.54, 1.807) is 6.26 Å². The monoisotopic (exact) mass is 392 g/mol. The molecule has 0 fully saturated rings. The van der Waals surface area contributed by atoms with Crippen molar-refractivity contribution in [3.05, 3.63) is 60.9 Å². The molecule has 2 aromatic carbocycles. The molecule has 0 saturated carbocycles. The Labute approximate surface area is 167 Å². The van der Waals surface area contributed by atoms with E-state index in [-0.39, 0.29) is 11.7 Å². The van der Waals surface area contributed by atoms with Crippen LogP contribution in [-0.2, 0) is 11.3 Å². The minimum Gasteiger partial charge on any atom is -0.461 e. The van der Waals surface area contributed by atoms with Crippen LogP contribution in [0.3, 0.4) is 0 Å². The summed E-state index contributed by atoms with van der Waals surface area (Å²) in [6.07, 6.45) is 2.55. The fourth-order valence-electron chi connectivity index (χ4n) is 3.06. The minimum atomic E-state index is -0.0769. The molecule has 6 nitrogen and oxygen atoms in total. The highest BCUT2D eigenvalue weighted by Gasteiger charge is 2.17. The summed E-state index contributed by atoms with van der Waals surface area (Å²) in [4.78, 5) is 12.5. The number of furan rings is 1. The van der Waals surface area contributed by atoms with E-state index in [9.17, 15) is 4.79 Å². The zero-order valence-electron chi connectivity index (χ0n) is 15.5. The molecule has 0 atom stereocenters. The van der Waals surface area contributed by atoms with Crippen molar-refractivity contribution in [1.29, 1.82) is 0 Å². The zero-order valence-corrected chi connectivity index (χ0v) is 16.3. The van der Waals surface area contributed by atoms with E-state index in [4.69, 9.17) is 4.42 Å². The quantitative estimate of drug-likeness (QED) is 0.456. The summed E-state index contributed by atoms with van der Waals surface area (Å²) < 4.78 is 7.45. The molecule has 0 aliphatic rings. The van der Waals surface area contributed by atoms with Gasteiger partial charge in [0, 0.05) is 17.6 Å². The summed E-state index contributed by atoms with van der Waals surface area (Å²) in [5.41, 5.74) is 0.815. The van der Waals surface area contributed by atoms with Gasteiger partial charge in [0.1, 0.15) is 0 Å². The molecule has 0 spiro atoms. The van der Waals surface area contributed by atoms with Gasteiger partial charge in [-0.3, -0.25) is 9.36 Å². The number of carbonyl (C=O) groups excluding carboxylic acids is 1. The Bertz CT molecular complexity index is 1080. The second kappa shape index (κ2) is 8.31. The van der Waals surface area contributed by atoms with Crippen molar-refractivity contribution in [3.63, 3.8) is 0 Å². The number of fused-ring (bicyclic) bond motifs is 1. The third kappa shape index (κ3) is 3.80. The number of nitrogens with zero attached hydrogens (tertiary/aromatic N) is 3. The van der Waals surface area contributed by atoms with Crippen LogP contribution in [0.2, 0.25) is 0 Å². The molecule has 0 aliphatic heterocycles. The number of hydrogen-bond acceptors (Lipinski definition) is 5. The number of aromatic nitrogens is 3. The molecule has 4 aromatic rings. The number of nitrogens with one attached hydrogen (secondary N) is 1. The van der Waals surface area contributed by atoms with Crippen LogP contribution in [0, 0.1) is 0 Å². The Morgan fingerprint density at radius 3 is 2.79 bits per heavy atom. The largest absolute Gasteiger partial charge is 0.461 e. The molecule has 4 rings (SSSR count). The fourth-order valence-corrected chi connectivity index (χ4v) is 3.82. The highest BCUT2D eigenvalue weighted by Crippen LogP contribution is 2.26. The molecule has 2 aromatic heterocycles. The molecule has 0 radical (unpaired) electrons. The molecule has 0 bridgehead atoms. The molecular formula is C21H20N4O2S. The van der Waals surface area contributed by atoms with Gasteiger partial charge < -0.3 is 9.73 Å². The number of rotatable bonds is 7. The predicted molar refractivity (Wildman–Crippen MR) is 111 cm³/mol. The third-order valence-electron chi connectivity index (χ3n) is 4.30. The third-order valence-corrected chi connectivity index (χ3v) is 5.27. The maximum atomic E-state index is 12.5. The lowest BCUT2D eigenvalue weighted by Crippen LogP contribution is -2.15. The Balaban J connectivity index is 1.48. The van der Waals surface area contributed by atoms with Crippen LogP contribution in [0.15, 0.2) is 70.4 Å². The van der Waals surface area contributed by atoms with E-state index in [0.717, 1.165) is 29.4 Å². The van der Waals surface area contributed by atoms with Gasteiger partial charge in [-0.25, -0.2) is 0 Å². The summed E-state index contributed by atoms with van der Waals surface area (Å²) in [5, 5.41) is 14.3. The lowest BCUT2D eigenvalue weighted by Gasteiger charge is -2.09. The van der Waals surface area contributed by atoms with E-state index in [1.165, 1.54) is 11.8 Å². The average molecular weight is 392 g/mol. The smallest absolute Gasteiger partial charge is 0.234 e. The number of hydrogen-bond donors (Lipinski definition) is 1. The molecule has 7 heteroatoms. The molecular weight excluding hydrogens is 372 g/mol. The lowest BCUT2D eigenvalue weighted by molar-refractivity contribution is -0.113. The molecule has 1 N–H and O–H groups in total. The van der Waals surface area contributed by atoms with Crippen LogP contribution in [0.4, 0.5) is 5.69 Å². The standard InChI is InChI=1S/C21H20N4O2S/c1-2-12-25-20(18-11-6-13-27-18)23-24-21(25)28-14-19(26)22-17-10-5-8-15-7-3-4-9-16(15)17/h3-11,13H,2,12,14H2,1H3,(H,22,26). The Hall–Kier alpha value is -3.06. The normalized spacial score (nSPS) is 11.0. The van der Waals surface area contributed by atoms with Gasteiger partial charge in [0.05, 0.1) is 12.0 Å². The average Bonchev–Trinajstić information content (AvgIpc) is 3.37. The van der Waals surface area contributed by atoms with Crippen LogP contribution >= 0.6 is 11.8 Å². The summed E-state index contributed by atoms with van der Waals surface area (Å²) in [5.74, 6) is 1.53. The van der Waals surface area contributed by atoms with Crippen LogP contribution in [0.5, 0.6) is 0 Å². The van der Waals surface area contributed by atoms with E-state index < -0.39 is 0 Å². The van der Waals surface area contributed by atoms with Crippen LogP contribution in [0.25, 0.3) is 22.4 Å². The molecule has 0 saturated heterocycles. The summed E-state index contributed by atoms with van der Waals surface area (Å²) >= 11 is 1.37. The summed E-state index contributed by atoms with van der Waals surface area (Å²) in [6, 6.07) is 17.6. The maximum absolute atomic E-state index is 12.5. The second-order valence-electron chi connectivity index (χ2n) is 6.30. The summed E-state index contributed by atoms with van der Waals surface area (Å²) in [7, 11) is 0. The first-order valence-corrected chi connectivity index (χ1v) is 10.1. The van der Waals surface area contributed by atoms with Crippen molar-refractivity contribution in [1.82, 2.24) is 14.8 Å². The molecule has 0 unspecified atom stereocenters. The summed E-state index contributed by atoms with van der Waals surface area (Å²) in [6.45, 7) is 2.85. The SMILES string of the molecule is CCCn1c(SCC(=O)Nc2cccc3ccccc23)nnc1-c1ccco1. The highest BCUT2D eigenvalue weighted by molar-refractivity contribution is 7.99. The first kappa shape index (κ1) is 18.3. The van der Waals surface area contributed by atoms with E-state index >= 15 is 0 Å². The van der Waals surface area contributed by atoms with Crippen molar-refractivity contribution in [3.8, 4) is 11.6 Å². The Morgan fingerprint density at radius 2 is 1.96 bits per heavy atom. The number of amides is 1. The number of anilines is 1. The van der Waals surface area contributed by atoms with Gasteiger partial charge in [0.2, 0.25) is 5.91 Å². The first-order valence-electron chi connectivity index (χ1n) is 9.13. The van der Waals surface area contributed by atoms with Crippen molar-refractivity contribution < 1.29 is 9.21 Å². The highest BCUT2D eigenvalue weighted by atomic mass is 32.2. The molecule has 142 valence electrons. The minimum absolute atomic E-state index is 0.0769.